The maximum Gasteiger partial charge on any atom is 0.249 e. The van der Waals surface area contributed by atoms with Gasteiger partial charge in [-0.2, -0.15) is 0 Å². The molecular weight excluding hydrogens is 270 g/mol. The number of ether oxygens (including phenoxy) is 1. The summed E-state index contributed by atoms with van der Waals surface area (Å²) in [6, 6.07) is 11.2. The Hall–Kier alpha value is -1.94. The first-order chi connectivity index (χ1) is 9.49. The van der Waals surface area contributed by atoms with Crippen LogP contribution in [0.5, 0.6) is 5.75 Å². The number of aryl methyl sites for hydroxylation is 2. The van der Waals surface area contributed by atoms with Crippen molar-refractivity contribution in [2.45, 2.75) is 25.3 Å². The molecule has 0 aliphatic carbocycles. The van der Waals surface area contributed by atoms with Gasteiger partial charge in [0.15, 0.2) is 0 Å². The molecule has 2 aromatic rings. The lowest BCUT2D eigenvalue weighted by Crippen LogP contribution is -2.15. The number of amides is 1. The van der Waals surface area contributed by atoms with Crippen LogP contribution in [-0.4, -0.2) is 5.91 Å². The molecule has 0 aliphatic heterocycles. The highest BCUT2D eigenvalue weighted by molar-refractivity contribution is 7.80. The molecule has 0 aliphatic rings. The van der Waals surface area contributed by atoms with Crippen LogP contribution in [0.15, 0.2) is 41.3 Å². The first kappa shape index (κ1) is 14.5. The van der Waals surface area contributed by atoms with Crippen molar-refractivity contribution in [3.63, 3.8) is 0 Å². The second-order valence-electron chi connectivity index (χ2n) is 4.70. The number of thiol groups is 1. The summed E-state index contributed by atoms with van der Waals surface area (Å²) in [4.78, 5) is 12.3. The van der Waals surface area contributed by atoms with Gasteiger partial charge in [-0.15, -0.1) is 12.6 Å². The zero-order valence-electron chi connectivity index (χ0n) is 11.5. The van der Waals surface area contributed by atoms with Crippen LogP contribution >= 0.6 is 12.6 Å². The molecule has 0 radical (unpaired) electrons. The molecule has 0 saturated heterocycles. The predicted octanol–water partition coefficient (Wildman–Crippen LogP) is 3.27. The molecule has 0 atom stereocenters. The van der Waals surface area contributed by atoms with Gasteiger partial charge in [-0.25, -0.2) is 0 Å². The van der Waals surface area contributed by atoms with Gasteiger partial charge >= 0.3 is 0 Å². The van der Waals surface area contributed by atoms with Crippen molar-refractivity contribution in [2.24, 2.45) is 5.73 Å². The molecule has 3 nitrogen and oxygen atoms in total. The van der Waals surface area contributed by atoms with Crippen LogP contribution in [0, 0.1) is 13.8 Å². The largest absolute Gasteiger partial charge is 0.489 e. The number of hydrogen-bond donors (Lipinski definition) is 2. The summed E-state index contributed by atoms with van der Waals surface area (Å²) in [5, 5.41) is 0. The van der Waals surface area contributed by atoms with E-state index in [9.17, 15) is 4.79 Å². The summed E-state index contributed by atoms with van der Waals surface area (Å²) < 4.78 is 5.81. The van der Waals surface area contributed by atoms with Gasteiger partial charge in [0.1, 0.15) is 12.4 Å². The fraction of sp³-hybridized carbons (Fsp3) is 0.188. The van der Waals surface area contributed by atoms with Crippen molar-refractivity contribution in [3.05, 3.63) is 58.7 Å². The van der Waals surface area contributed by atoms with Crippen LogP contribution in [-0.2, 0) is 6.61 Å². The molecule has 0 heterocycles. The number of primary amides is 1. The van der Waals surface area contributed by atoms with Gasteiger partial charge < -0.3 is 10.5 Å². The molecular formula is C16H17NO2S. The van der Waals surface area contributed by atoms with E-state index in [1.54, 1.807) is 6.07 Å². The second-order valence-corrected chi connectivity index (χ2v) is 5.22. The topological polar surface area (TPSA) is 52.3 Å². The molecule has 2 aromatic carbocycles. The third-order valence-electron chi connectivity index (χ3n) is 3.21. The average molecular weight is 287 g/mol. The standard InChI is InChI=1S/C16H17NO2S/c1-10-4-3-5-13(16(17)18)14(10)9-19-15-7-6-12(20)8-11(15)2/h3-8,20H,9H2,1-2H3,(H2,17,18). The van der Waals surface area contributed by atoms with E-state index in [-0.39, 0.29) is 0 Å². The van der Waals surface area contributed by atoms with Gasteiger partial charge in [-0.05, 0) is 49.2 Å². The summed E-state index contributed by atoms with van der Waals surface area (Å²) in [5.74, 6) is 0.344. The normalized spacial score (nSPS) is 10.3. The smallest absolute Gasteiger partial charge is 0.249 e. The van der Waals surface area contributed by atoms with Crippen LogP contribution < -0.4 is 10.5 Å². The Labute approximate surface area is 124 Å². The number of carbonyl (C=O) groups excluding carboxylic acids is 1. The second kappa shape index (κ2) is 6.01. The highest BCUT2D eigenvalue weighted by Crippen LogP contribution is 2.23. The van der Waals surface area contributed by atoms with E-state index in [1.165, 1.54) is 0 Å². The first-order valence-corrected chi connectivity index (χ1v) is 6.74. The Morgan fingerprint density at radius 1 is 1.20 bits per heavy atom. The Morgan fingerprint density at radius 3 is 2.60 bits per heavy atom. The van der Waals surface area contributed by atoms with Crippen molar-refractivity contribution < 1.29 is 9.53 Å². The molecule has 2 N–H and O–H groups in total. The maximum absolute atomic E-state index is 11.5. The van der Waals surface area contributed by atoms with Crippen molar-refractivity contribution in [3.8, 4) is 5.75 Å². The molecule has 104 valence electrons. The highest BCUT2D eigenvalue weighted by atomic mass is 32.1. The summed E-state index contributed by atoms with van der Waals surface area (Å²) in [5.41, 5.74) is 8.73. The predicted molar refractivity (Wildman–Crippen MR) is 82.5 cm³/mol. The van der Waals surface area contributed by atoms with Crippen molar-refractivity contribution in [1.82, 2.24) is 0 Å². The Kier molecular flexibility index (Phi) is 4.35. The maximum atomic E-state index is 11.5. The van der Waals surface area contributed by atoms with Gasteiger partial charge in [-0.1, -0.05) is 12.1 Å². The third kappa shape index (κ3) is 3.14. The van der Waals surface area contributed by atoms with Gasteiger partial charge in [0, 0.05) is 16.0 Å². The van der Waals surface area contributed by atoms with Crippen LogP contribution in [0.3, 0.4) is 0 Å². The van der Waals surface area contributed by atoms with E-state index in [0.717, 1.165) is 27.3 Å². The minimum atomic E-state index is -0.435. The fourth-order valence-corrected chi connectivity index (χ4v) is 2.34. The zero-order valence-corrected chi connectivity index (χ0v) is 12.4. The Balaban J connectivity index is 2.25. The lowest BCUT2D eigenvalue weighted by Gasteiger charge is -2.13. The van der Waals surface area contributed by atoms with E-state index in [1.807, 2.05) is 44.2 Å². The number of hydrogen-bond acceptors (Lipinski definition) is 3. The van der Waals surface area contributed by atoms with Gasteiger partial charge in [0.25, 0.3) is 0 Å². The SMILES string of the molecule is Cc1cc(S)ccc1OCc1c(C)cccc1C(N)=O. The monoisotopic (exact) mass is 287 g/mol. The van der Waals surface area contributed by atoms with E-state index < -0.39 is 5.91 Å². The van der Waals surface area contributed by atoms with Crippen LogP contribution in [0.25, 0.3) is 0 Å². The third-order valence-corrected chi connectivity index (χ3v) is 3.48. The minimum absolute atomic E-state index is 0.317. The van der Waals surface area contributed by atoms with E-state index >= 15 is 0 Å². The molecule has 0 fully saturated rings. The van der Waals surface area contributed by atoms with Crippen LogP contribution in [0.2, 0.25) is 0 Å². The molecule has 1 amide bonds. The van der Waals surface area contributed by atoms with Crippen LogP contribution in [0.1, 0.15) is 27.0 Å². The molecule has 2 rings (SSSR count). The summed E-state index contributed by atoms with van der Waals surface area (Å²) in [6.45, 7) is 4.22. The molecule has 0 unspecified atom stereocenters. The van der Waals surface area contributed by atoms with Crippen molar-refractivity contribution in [1.29, 1.82) is 0 Å². The molecule has 0 spiro atoms. The van der Waals surface area contributed by atoms with Gasteiger partial charge in [0.2, 0.25) is 5.91 Å². The zero-order chi connectivity index (χ0) is 14.7. The first-order valence-electron chi connectivity index (χ1n) is 6.29. The Bertz CT molecular complexity index is 653. The number of nitrogens with two attached hydrogens (primary N) is 1. The lowest BCUT2D eigenvalue weighted by molar-refractivity contribution is 0.0997. The van der Waals surface area contributed by atoms with E-state index in [4.69, 9.17) is 10.5 Å². The number of carbonyl (C=O) groups is 1. The summed E-state index contributed by atoms with van der Waals surface area (Å²) in [7, 11) is 0. The van der Waals surface area contributed by atoms with Crippen LogP contribution in [0.4, 0.5) is 0 Å². The van der Waals surface area contributed by atoms with Gasteiger partial charge in [-0.3, -0.25) is 4.79 Å². The summed E-state index contributed by atoms with van der Waals surface area (Å²) >= 11 is 4.28. The summed E-state index contributed by atoms with van der Waals surface area (Å²) in [6.07, 6.45) is 0. The number of rotatable bonds is 4. The van der Waals surface area contributed by atoms with E-state index in [2.05, 4.69) is 12.6 Å². The Morgan fingerprint density at radius 2 is 1.95 bits per heavy atom. The minimum Gasteiger partial charge on any atom is -0.489 e. The molecule has 0 saturated carbocycles. The highest BCUT2D eigenvalue weighted by Gasteiger charge is 2.11. The fourth-order valence-electron chi connectivity index (χ4n) is 2.07. The molecule has 0 bridgehead atoms. The number of benzene rings is 2. The quantitative estimate of drug-likeness (QED) is 0.848. The molecule has 4 heteroatoms. The lowest BCUT2D eigenvalue weighted by atomic mass is 10.0. The average Bonchev–Trinajstić information content (AvgIpc) is 2.38. The van der Waals surface area contributed by atoms with Crippen molar-refractivity contribution in [2.75, 3.05) is 0 Å². The van der Waals surface area contributed by atoms with E-state index in [0.29, 0.717) is 12.2 Å². The molecule has 0 aromatic heterocycles. The van der Waals surface area contributed by atoms with Gasteiger partial charge in [0.05, 0.1) is 0 Å². The van der Waals surface area contributed by atoms with Crippen molar-refractivity contribution >= 4 is 18.5 Å². The molecule has 20 heavy (non-hydrogen) atoms.